The van der Waals surface area contributed by atoms with E-state index in [0.717, 1.165) is 5.56 Å². The Kier molecular flexibility index (Phi) is 7.82. The highest BCUT2D eigenvalue weighted by atomic mass is 35.5. The Morgan fingerprint density at radius 2 is 1.91 bits per heavy atom. The zero-order chi connectivity index (χ0) is 23.3. The second-order valence-electron chi connectivity index (χ2n) is 7.67. The molecule has 9 heteroatoms. The van der Waals surface area contributed by atoms with Crippen molar-refractivity contribution in [2.75, 3.05) is 13.2 Å². The van der Waals surface area contributed by atoms with Crippen LogP contribution >= 0.6 is 11.6 Å². The fourth-order valence-electron chi connectivity index (χ4n) is 3.57. The molecule has 2 aromatic carbocycles. The van der Waals surface area contributed by atoms with Crippen LogP contribution in [0.5, 0.6) is 0 Å². The second-order valence-corrected chi connectivity index (χ2v) is 8.10. The summed E-state index contributed by atoms with van der Waals surface area (Å²) in [6.07, 6.45) is -1.16. The monoisotopic (exact) mass is 462 g/mol. The molecule has 3 atom stereocenters. The zero-order valence-electron chi connectivity index (χ0n) is 17.5. The second kappa shape index (κ2) is 10.6. The first-order valence-corrected chi connectivity index (χ1v) is 10.5. The maximum absolute atomic E-state index is 13.9. The van der Waals surface area contributed by atoms with Crippen LogP contribution in [0.25, 0.3) is 0 Å². The van der Waals surface area contributed by atoms with Crippen LogP contribution in [0, 0.1) is 5.82 Å². The predicted molar refractivity (Wildman–Crippen MR) is 115 cm³/mol. The third kappa shape index (κ3) is 6.05. The Bertz CT molecular complexity index is 985. The predicted octanol–water partition coefficient (Wildman–Crippen LogP) is 2.40. The number of nitrogens with one attached hydrogen (secondary N) is 1. The number of halogens is 2. The van der Waals surface area contributed by atoms with Crippen LogP contribution < -0.4 is 5.32 Å². The standard InChI is InChI=1S/C23H24ClFN2O5/c1-14(15-6-8-17(24)9-7-15)26-21(29)13-32-23(31)20-11-18(28)12-27(20)22(30)10-16-4-2-3-5-19(16)25/h2-9,14,18,20,28H,10-13H2,1H3,(H,26,29). The van der Waals surface area contributed by atoms with Crippen LogP contribution in [-0.2, 0) is 25.5 Å². The number of benzene rings is 2. The Morgan fingerprint density at radius 1 is 1.22 bits per heavy atom. The van der Waals surface area contributed by atoms with Crippen molar-refractivity contribution < 1.29 is 28.6 Å². The molecule has 7 nitrogen and oxygen atoms in total. The molecule has 3 rings (SSSR count). The molecule has 0 radical (unpaired) electrons. The molecule has 2 amide bonds. The molecule has 0 aliphatic carbocycles. The third-order valence-electron chi connectivity index (χ3n) is 5.26. The number of likely N-dealkylation sites (tertiary alicyclic amines) is 1. The van der Waals surface area contributed by atoms with E-state index < -0.39 is 42.4 Å². The Balaban J connectivity index is 1.54. The summed E-state index contributed by atoms with van der Waals surface area (Å²) in [7, 11) is 0. The van der Waals surface area contributed by atoms with Gasteiger partial charge in [-0.3, -0.25) is 9.59 Å². The highest BCUT2D eigenvalue weighted by molar-refractivity contribution is 6.30. The van der Waals surface area contributed by atoms with Gasteiger partial charge in [-0.25, -0.2) is 9.18 Å². The number of amides is 2. The lowest BCUT2D eigenvalue weighted by Gasteiger charge is -2.23. The number of aliphatic hydroxyl groups excluding tert-OH is 1. The van der Waals surface area contributed by atoms with Gasteiger partial charge in [0.2, 0.25) is 5.91 Å². The molecular formula is C23H24ClFN2O5. The maximum atomic E-state index is 13.9. The molecule has 0 saturated carbocycles. The number of β-amino-alcohol motifs (C(OH)–C–C–N with tert-alkyl or cyclic N) is 1. The molecule has 1 fully saturated rings. The number of hydrogen-bond acceptors (Lipinski definition) is 5. The molecule has 170 valence electrons. The molecule has 1 aliphatic rings. The quantitative estimate of drug-likeness (QED) is 0.616. The summed E-state index contributed by atoms with van der Waals surface area (Å²) in [6, 6.07) is 11.5. The van der Waals surface area contributed by atoms with Gasteiger partial charge in [0, 0.05) is 18.0 Å². The van der Waals surface area contributed by atoms with Gasteiger partial charge < -0.3 is 20.1 Å². The summed E-state index contributed by atoms with van der Waals surface area (Å²) in [5.74, 6) is -2.33. The van der Waals surface area contributed by atoms with E-state index in [2.05, 4.69) is 5.32 Å². The number of aliphatic hydroxyl groups is 1. The van der Waals surface area contributed by atoms with E-state index in [-0.39, 0.29) is 31.0 Å². The lowest BCUT2D eigenvalue weighted by atomic mass is 10.1. The zero-order valence-corrected chi connectivity index (χ0v) is 18.2. The molecular weight excluding hydrogens is 439 g/mol. The largest absolute Gasteiger partial charge is 0.454 e. The van der Waals surface area contributed by atoms with E-state index in [1.54, 1.807) is 37.3 Å². The molecule has 0 bridgehead atoms. The van der Waals surface area contributed by atoms with Gasteiger partial charge in [-0.15, -0.1) is 0 Å². The summed E-state index contributed by atoms with van der Waals surface area (Å²) in [5, 5.41) is 13.3. The van der Waals surface area contributed by atoms with Gasteiger partial charge in [0.25, 0.3) is 5.91 Å². The first-order valence-electron chi connectivity index (χ1n) is 10.2. The number of hydrogen-bond donors (Lipinski definition) is 2. The van der Waals surface area contributed by atoms with Crippen molar-refractivity contribution in [3.8, 4) is 0 Å². The van der Waals surface area contributed by atoms with Crippen LogP contribution in [0.2, 0.25) is 5.02 Å². The number of rotatable bonds is 7. The van der Waals surface area contributed by atoms with Gasteiger partial charge in [-0.1, -0.05) is 41.9 Å². The fourth-order valence-corrected chi connectivity index (χ4v) is 3.70. The van der Waals surface area contributed by atoms with E-state index in [9.17, 15) is 23.9 Å². The Labute approximate surface area is 190 Å². The van der Waals surface area contributed by atoms with Crippen LogP contribution in [0.4, 0.5) is 4.39 Å². The molecule has 32 heavy (non-hydrogen) atoms. The topological polar surface area (TPSA) is 95.9 Å². The SMILES string of the molecule is CC(NC(=O)COC(=O)C1CC(O)CN1C(=O)Cc1ccccc1F)c1ccc(Cl)cc1. The molecule has 1 saturated heterocycles. The van der Waals surface area contributed by atoms with Gasteiger partial charge in [0.15, 0.2) is 6.61 Å². The highest BCUT2D eigenvalue weighted by Gasteiger charge is 2.40. The Morgan fingerprint density at radius 3 is 2.59 bits per heavy atom. The smallest absolute Gasteiger partial charge is 0.329 e. The molecule has 2 N–H and O–H groups in total. The number of carbonyl (C=O) groups excluding carboxylic acids is 3. The van der Waals surface area contributed by atoms with Gasteiger partial charge in [0.05, 0.1) is 18.6 Å². The highest BCUT2D eigenvalue weighted by Crippen LogP contribution is 2.21. The molecule has 0 spiro atoms. The van der Waals surface area contributed by atoms with Gasteiger partial charge in [-0.05, 0) is 36.2 Å². The van der Waals surface area contributed by atoms with Crippen molar-refractivity contribution in [1.29, 1.82) is 0 Å². The minimum Gasteiger partial charge on any atom is -0.454 e. The molecule has 1 heterocycles. The van der Waals surface area contributed by atoms with Crippen LogP contribution in [0.1, 0.15) is 30.5 Å². The lowest BCUT2D eigenvalue weighted by molar-refractivity contribution is -0.156. The average molecular weight is 463 g/mol. The normalized spacial score (nSPS) is 18.8. The van der Waals surface area contributed by atoms with Gasteiger partial charge in [-0.2, -0.15) is 0 Å². The van der Waals surface area contributed by atoms with Crippen molar-refractivity contribution in [2.24, 2.45) is 0 Å². The first kappa shape index (κ1) is 23.7. The van der Waals surface area contributed by atoms with E-state index in [0.29, 0.717) is 5.02 Å². The maximum Gasteiger partial charge on any atom is 0.329 e. The summed E-state index contributed by atoms with van der Waals surface area (Å²) in [4.78, 5) is 38.5. The van der Waals surface area contributed by atoms with Crippen molar-refractivity contribution in [1.82, 2.24) is 10.2 Å². The Hall–Kier alpha value is -2.97. The molecule has 0 aromatic heterocycles. The summed E-state index contributed by atoms with van der Waals surface area (Å²) < 4.78 is 19.0. The van der Waals surface area contributed by atoms with Crippen molar-refractivity contribution >= 4 is 29.4 Å². The number of nitrogens with zero attached hydrogens (tertiary/aromatic N) is 1. The minimum atomic E-state index is -1.04. The fraction of sp³-hybridized carbons (Fsp3) is 0.348. The third-order valence-corrected chi connectivity index (χ3v) is 5.52. The van der Waals surface area contributed by atoms with Crippen molar-refractivity contribution in [2.45, 2.75) is 38.0 Å². The van der Waals surface area contributed by atoms with Gasteiger partial charge >= 0.3 is 5.97 Å². The van der Waals surface area contributed by atoms with Crippen LogP contribution in [-0.4, -0.2) is 53.1 Å². The van der Waals surface area contributed by atoms with E-state index in [1.807, 2.05) is 0 Å². The molecule has 2 aromatic rings. The van der Waals surface area contributed by atoms with E-state index in [1.165, 1.54) is 23.1 Å². The van der Waals surface area contributed by atoms with E-state index in [4.69, 9.17) is 16.3 Å². The summed E-state index contributed by atoms with van der Waals surface area (Å²) in [5.41, 5.74) is 1.03. The minimum absolute atomic E-state index is 0.00928. The first-order chi connectivity index (χ1) is 15.2. The van der Waals surface area contributed by atoms with Crippen molar-refractivity contribution in [3.63, 3.8) is 0 Å². The van der Waals surface area contributed by atoms with Crippen LogP contribution in [0.15, 0.2) is 48.5 Å². The number of carbonyl (C=O) groups is 3. The summed E-state index contributed by atoms with van der Waals surface area (Å²) in [6.45, 7) is 1.19. The number of ether oxygens (including phenoxy) is 1. The average Bonchev–Trinajstić information content (AvgIpc) is 3.16. The summed E-state index contributed by atoms with van der Waals surface area (Å²) >= 11 is 5.86. The van der Waals surface area contributed by atoms with Crippen LogP contribution in [0.3, 0.4) is 0 Å². The molecule has 3 unspecified atom stereocenters. The molecule has 1 aliphatic heterocycles. The van der Waals surface area contributed by atoms with Gasteiger partial charge in [0.1, 0.15) is 11.9 Å². The van der Waals surface area contributed by atoms with E-state index >= 15 is 0 Å². The van der Waals surface area contributed by atoms with Crippen molar-refractivity contribution in [3.05, 3.63) is 70.5 Å². The lowest BCUT2D eigenvalue weighted by Crippen LogP contribution is -2.43. The number of esters is 1.